The van der Waals surface area contributed by atoms with Gasteiger partial charge in [0.2, 0.25) is 10.0 Å². The first-order valence-corrected chi connectivity index (χ1v) is 10.9. The molecule has 0 atom stereocenters. The Balaban J connectivity index is 2.22. The van der Waals surface area contributed by atoms with Crippen molar-refractivity contribution in [2.75, 3.05) is 31.5 Å². The molecule has 1 fully saturated rings. The highest BCUT2D eigenvalue weighted by Crippen LogP contribution is 2.23. The molecule has 1 heterocycles. The summed E-state index contributed by atoms with van der Waals surface area (Å²) in [6.45, 7) is 8.50. The second-order valence-electron chi connectivity index (χ2n) is 6.40. The van der Waals surface area contributed by atoms with E-state index in [1.165, 1.54) is 17.1 Å². The van der Waals surface area contributed by atoms with E-state index in [2.05, 4.69) is 10.2 Å². The lowest BCUT2D eigenvalue weighted by Gasteiger charge is -2.25. The number of sulfonamides is 1. The minimum Gasteiger partial charge on any atom is -0.349 e. The summed E-state index contributed by atoms with van der Waals surface area (Å²) >= 11 is 5.56. The molecule has 1 aliphatic rings. The van der Waals surface area contributed by atoms with Crippen LogP contribution in [-0.4, -0.2) is 48.9 Å². The number of hydrogen-bond acceptors (Lipinski definition) is 3. The second kappa shape index (κ2) is 8.96. The molecule has 2 rings (SSSR count). The smallest absolute Gasteiger partial charge is 0.243 e. The molecule has 0 radical (unpaired) electrons. The van der Waals surface area contributed by atoms with Crippen molar-refractivity contribution in [1.29, 1.82) is 0 Å². The van der Waals surface area contributed by atoms with E-state index < -0.39 is 10.0 Å². The van der Waals surface area contributed by atoms with Gasteiger partial charge in [-0.15, -0.1) is 0 Å². The summed E-state index contributed by atoms with van der Waals surface area (Å²) in [6, 6.07) is 5.21. The lowest BCUT2D eigenvalue weighted by Crippen LogP contribution is -2.35. The van der Waals surface area contributed by atoms with E-state index >= 15 is 0 Å². The summed E-state index contributed by atoms with van der Waals surface area (Å²) in [4.78, 5) is 2.50. The quantitative estimate of drug-likeness (QED) is 0.788. The van der Waals surface area contributed by atoms with Gasteiger partial charge >= 0.3 is 0 Å². The van der Waals surface area contributed by atoms with Crippen molar-refractivity contribution in [3.63, 3.8) is 0 Å². The van der Waals surface area contributed by atoms with Crippen molar-refractivity contribution in [3.8, 4) is 0 Å². The lowest BCUT2D eigenvalue weighted by molar-refractivity contribution is 0.441. The zero-order chi connectivity index (χ0) is 18.4. The third-order valence-corrected chi connectivity index (χ3v) is 7.09. The third kappa shape index (κ3) is 4.92. The number of nitrogens with zero attached hydrogens (tertiary/aromatic N) is 2. The number of thiocarbonyl (C=S) groups is 1. The number of benzene rings is 1. The number of anilines is 1. The Bertz CT molecular complexity index is 692. The van der Waals surface area contributed by atoms with Gasteiger partial charge in [-0.05, 0) is 49.7 Å². The van der Waals surface area contributed by atoms with Gasteiger partial charge in [0.05, 0.1) is 4.90 Å². The number of likely N-dealkylation sites (tertiary alicyclic amines) is 1. The molecule has 0 saturated carbocycles. The van der Waals surface area contributed by atoms with Crippen molar-refractivity contribution >= 4 is 33.0 Å². The zero-order valence-corrected chi connectivity index (χ0v) is 17.0. The van der Waals surface area contributed by atoms with Gasteiger partial charge in [-0.2, -0.15) is 4.31 Å². The summed E-state index contributed by atoms with van der Waals surface area (Å²) in [6.07, 6.45) is 4.79. The number of nitrogens with one attached hydrogen (secondary N) is 1. The van der Waals surface area contributed by atoms with Crippen LogP contribution in [-0.2, 0) is 10.0 Å². The molecular weight excluding hydrogens is 354 g/mol. The van der Waals surface area contributed by atoms with E-state index in [1.54, 1.807) is 12.1 Å². The van der Waals surface area contributed by atoms with Crippen LogP contribution < -0.4 is 5.32 Å². The van der Waals surface area contributed by atoms with Crippen molar-refractivity contribution in [2.24, 2.45) is 0 Å². The Morgan fingerprint density at radius 2 is 1.76 bits per heavy atom. The highest BCUT2D eigenvalue weighted by Gasteiger charge is 2.22. The first kappa shape index (κ1) is 20.1. The lowest BCUT2D eigenvalue weighted by atomic mass is 10.2. The molecule has 1 aromatic rings. The minimum atomic E-state index is -3.47. The topological polar surface area (TPSA) is 52.7 Å². The molecule has 0 amide bonds. The fourth-order valence-electron chi connectivity index (χ4n) is 3.08. The molecule has 5 nitrogen and oxygen atoms in total. The van der Waals surface area contributed by atoms with Gasteiger partial charge in [0.1, 0.15) is 0 Å². The van der Waals surface area contributed by atoms with Crippen molar-refractivity contribution in [1.82, 2.24) is 9.21 Å². The van der Waals surface area contributed by atoms with Gasteiger partial charge in [-0.1, -0.05) is 32.8 Å². The van der Waals surface area contributed by atoms with Crippen molar-refractivity contribution in [2.45, 2.75) is 51.3 Å². The molecule has 0 unspecified atom stereocenters. The van der Waals surface area contributed by atoms with Crippen LogP contribution in [0.15, 0.2) is 23.1 Å². The van der Waals surface area contributed by atoms with Gasteiger partial charge in [0, 0.05) is 31.9 Å². The number of aryl methyl sites for hydroxylation is 1. The van der Waals surface area contributed by atoms with Crippen LogP contribution in [0.2, 0.25) is 0 Å². The van der Waals surface area contributed by atoms with Crippen LogP contribution in [0.3, 0.4) is 0 Å². The monoisotopic (exact) mass is 383 g/mol. The van der Waals surface area contributed by atoms with Gasteiger partial charge in [0.25, 0.3) is 0 Å². The zero-order valence-electron chi connectivity index (χ0n) is 15.4. The van der Waals surface area contributed by atoms with Crippen LogP contribution in [0.25, 0.3) is 0 Å². The Hall–Kier alpha value is -1.18. The molecule has 0 aliphatic carbocycles. The Kier molecular flexibility index (Phi) is 7.22. The van der Waals surface area contributed by atoms with E-state index in [0.29, 0.717) is 23.1 Å². The third-order valence-electron chi connectivity index (χ3n) is 4.69. The normalized spacial score (nSPS) is 15.9. The van der Waals surface area contributed by atoms with Crippen LogP contribution in [0.4, 0.5) is 5.69 Å². The SMILES string of the molecule is CCN(CC)S(=O)(=O)c1ccc(C)c(NC(=S)N2CCCCCC2)c1. The predicted molar refractivity (Wildman–Crippen MR) is 108 cm³/mol. The van der Waals surface area contributed by atoms with E-state index in [9.17, 15) is 8.42 Å². The first-order valence-electron chi connectivity index (χ1n) is 9.06. The van der Waals surface area contributed by atoms with Crippen molar-refractivity contribution < 1.29 is 8.42 Å². The van der Waals surface area contributed by atoms with Gasteiger partial charge in [-0.3, -0.25) is 0 Å². The van der Waals surface area contributed by atoms with Crippen molar-refractivity contribution in [3.05, 3.63) is 23.8 Å². The van der Waals surface area contributed by atoms with Gasteiger partial charge in [0.15, 0.2) is 5.11 Å². The van der Waals surface area contributed by atoms with Gasteiger partial charge in [-0.25, -0.2) is 8.42 Å². The fraction of sp³-hybridized carbons (Fsp3) is 0.611. The molecule has 25 heavy (non-hydrogen) atoms. The maximum Gasteiger partial charge on any atom is 0.243 e. The largest absolute Gasteiger partial charge is 0.349 e. The average Bonchev–Trinajstić information content (AvgIpc) is 2.87. The molecule has 1 aliphatic heterocycles. The summed E-state index contributed by atoms with van der Waals surface area (Å²) < 4.78 is 27.0. The van der Waals surface area contributed by atoms with E-state index in [1.807, 2.05) is 26.8 Å². The summed E-state index contributed by atoms with van der Waals surface area (Å²) in [5, 5.41) is 3.95. The maximum absolute atomic E-state index is 12.7. The summed E-state index contributed by atoms with van der Waals surface area (Å²) in [5.41, 5.74) is 1.75. The Morgan fingerprint density at radius 1 is 1.16 bits per heavy atom. The van der Waals surface area contributed by atoms with E-state index in [0.717, 1.165) is 37.2 Å². The number of hydrogen-bond donors (Lipinski definition) is 1. The fourth-order valence-corrected chi connectivity index (χ4v) is 4.85. The van der Waals surface area contributed by atoms with Crippen LogP contribution in [0.5, 0.6) is 0 Å². The molecule has 0 bridgehead atoms. The van der Waals surface area contributed by atoms with Gasteiger partial charge < -0.3 is 10.2 Å². The van der Waals surface area contributed by atoms with E-state index in [-0.39, 0.29) is 0 Å². The standard InChI is InChI=1S/C18H29N3O2S2/c1-4-21(5-2)25(22,23)16-11-10-15(3)17(14-16)19-18(24)20-12-8-6-7-9-13-20/h10-11,14H,4-9,12-13H2,1-3H3,(H,19,24). The predicted octanol–water partition coefficient (Wildman–Crippen LogP) is 3.60. The molecule has 1 saturated heterocycles. The number of rotatable bonds is 5. The van der Waals surface area contributed by atoms with E-state index in [4.69, 9.17) is 12.2 Å². The molecular formula is C18H29N3O2S2. The second-order valence-corrected chi connectivity index (χ2v) is 8.72. The summed E-state index contributed by atoms with van der Waals surface area (Å²) in [7, 11) is -3.47. The van der Waals surface area contributed by atoms with Crippen LogP contribution >= 0.6 is 12.2 Å². The van der Waals surface area contributed by atoms with Crippen LogP contribution in [0.1, 0.15) is 45.1 Å². The first-order chi connectivity index (χ1) is 11.9. The molecule has 7 heteroatoms. The molecule has 140 valence electrons. The Labute approximate surface area is 157 Å². The molecule has 1 N–H and O–H groups in total. The highest BCUT2D eigenvalue weighted by atomic mass is 32.2. The maximum atomic E-state index is 12.7. The minimum absolute atomic E-state index is 0.308. The molecule has 0 spiro atoms. The Morgan fingerprint density at radius 3 is 2.32 bits per heavy atom. The molecule has 1 aromatic carbocycles. The average molecular weight is 384 g/mol. The molecule has 0 aromatic heterocycles. The highest BCUT2D eigenvalue weighted by molar-refractivity contribution is 7.89. The summed E-state index contributed by atoms with van der Waals surface area (Å²) in [5.74, 6) is 0. The van der Waals surface area contributed by atoms with Crippen LogP contribution in [0, 0.1) is 6.92 Å².